The maximum absolute atomic E-state index is 12.2. The van der Waals surface area contributed by atoms with Gasteiger partial charge < -0.3 is 14.8 Å². The number of ether oxygens (including phenoxy) is 2. The van der Waals surface area contributed by atoms with Gasteiger partial charge in [-0.05, 0) is 23.6 Å². The fourth-order valence-electron chi connectivity index (χ4n) is 2.30. The van der Waals surface area contributed by atoms with Gasteiger partial charge in [0.05, 0.1) is 31.2 Å². The first-order valence-electron chi connectivity index (χ1n) is 7.90. The van der Waals surface area contributed by atoms with Crippen molar-refractivity contribution in [2.75, 3.05) is 24.9 Å². The van der Waals surface area contributed by atoms with Crippen LogP contribution in [-0.2, 0) is 11.2 Å². The lowest BCUT2D eigenvalue weighted by Crippen LogP contribution is -2.15. The Morgan fingerprint density at radius 1 is 1.07 bits per heavy atom. The number of hydrogen-bond acceptors (Lipinski definition) is 7. The minimum Gasteiger partial charge on any atom is -0.493 e. The molecule has 0 spiro atoms. The third-order valence-corrected chi connectivity index (χ3v) is 5.20. The quantitative estimate of drug-likeness (QED) is 0.628. The second-order valence-corrected chi connectivity index (χ2v) is 7.18. The number of anilines is 2. The Bertz CT molecular complexity index is 938. The van der Waals surface area contributed by atoms with Crippen LogP contribution in [0.1, 0.15) is 15.4 Å². The first kappa shape index (κ1) is 18.9. The molecule has 1 aromatic carbocycles. The maximum Gasteiger partial charge on any atom is 0.267 e. The zero-order valence-electron chi connectivity index (χ0n) is 14.6. The Labute approximate surface area is 164 Å². The van der Waals surface area contributed by atoms with Crippen LogP contribution < -0.4 is 20.1 Å². The normalized spacial score (nSPS) is 10.3. The highest BCUT2D eigenvalue weighted by Gasteiger charge is 2.13. The maximum atomic E-state index is 12.2. The number of methoxy groups -OCH3 is 2. The van der Waals surface area contributed by atoms with E-state index in [1.54, 1.807) is 36.8 Å². The van der Waals surface area contributed by atoms with E-state index in [2.05, 4.69) is 15.6 Å². The van der Waals surface area contributed by atoms with Gasteiger partial charge in [0, 0.05) is 17.1 Å². The molecule has 3 aromatic rings. The molecule has 9 heteroatoms. The third kappa shape index (κ3) is 4.83. The molecule has 3 rings (SSSR count). The molecule has 2 N–H and O–H groups in total. The molecule has 0 aliphatic heterocycles. The third-order valence-electron chi connectivity index (χ3n) is 3.53. The molecule has 0 unspecified atom stereocenters. The number of nitrogens with zero attached hydrogens (tertiary/aromatic N) is 1. The molecule has 2 amide bonds. The fourth-order valence-corrected chi connectivity index (χ4v) is 3.62. The Morgan fingerprint density at radius 2 is 1.89 bits per heavy atom. The van der Waals surface area contributed by atoms with Crippen LogP contribution in [-0.4, -0.2) is 31.0 Å². The fraction of sp³-hybridized carbons (Fsp3) is 0.167. The summed E-state index contributed by atoms with van der Waals surface area (Å²) in [5.41, 5.74) is 1.18. The zero-order valence-corrected chi connectivity index (χ0v) is 16.3. The highest BCUT2D eigenvalue weighted by molar-refractivity contribution is 7.14. The summed E-state index contributed by atoms with van der Waals surface area (Å²) in [6.07, 6.45) is 0.0969. The van der Waals surface area contributed by atoms with Crippen LogP contribution in [0.25, 0.3) is 0 Å². The van der Waals surface area contributed by atoms with Crippen molar-refractivity contribution in [1.29, 1.82) is 0 Å². The molecule has 0 saturated heterocycles. The molecule has 0 radical (unpaired) electrons. The van der Waals surface area contributed by atoms with E-state index in [-0.39, 0.29) is 18.2 Å². The summed E-state index contributed by atoms with van der Waals surface area (Å²) in [6.45, 7) is 0. The number of thiophene rings is 1. The number of rotatable bonds is 7. The van der Waals surface area contributed by atoms with Crippen molar-refractivity contribution in [1.82, 2.24) is 4.98 Å². The van der Waals surface area contributed by atoms with E-state index in [0.29, 0.717) is 32.9 Å². The van der Waals surface area contributed by atoms with E-state index in [9.17, 15) is 9.59 Å². The van der Waals surface area contributed by atoms with Gasteiger partial charge in [-0.25, -0.2) is 4.98 Å². The van der Waals surface area contributed by atoms with Crippen molar-refractivity contribution in [3.63, 3.8) is 0 Å². The summed E-state index contributed by atoms with van der Waals surface area (Å²) < 4.78 is 10.4. The summed E-state index contributed by atoms with van der Waals surface area (Å²) in [5, 5.41) is 9.57. The van der Waals surface area contributed by atoms with Crippen molar-refractivity contribution >= 4 is 45.3 Å². The van der Waals surface area contributed by atoms with E-state index < -0.39 is 0 Å². The summed E-state index contributed by atoms with van der Waals surface area (Å²) >= 11 is 2.64. The van der Waals surface area contributed by atoms with Gasteiger partial charge in [0.1, 0.15) is 0 Å². The monoisotopic (exact) mass is 403 g/mol. The summed E-state index contributed by atoms with van der Waals surface area (Å²) in [5.74, 6) is 0.688. The Hall–Kier alpha value is -2.91. The van der Waals surface area contributed by atoms with Crippen LogP contribution in [0.2, 0.25) is 0 Å². The van der Waals surface area contributed by atoms with Crippen molar-refractivity contribution in [2.24, 2.45) is 0 Å². The second-order valence-electron chi connectivity index (χ2n) is 5.37. The van der Waals surface area contributed by atoms with Crippen molar-refractivity contribution < 1.29 is 19.1 Å². The molecule has 7 nitrogen and oxygen atoms in total. The highest BCUT2D eigenvalue weighted by Crippen LogP contribution is 2.29. The van der Waals surface area contributed by atoms with E-state index in [0.717, 1.165) is 0 Å². The van der Waals surface area contributed by atoms with Gasteiger partial charge in [0.25, 0.3) is 5.91 Å². The van der Waals surface area contributed by atoms with Crippen LogP contribution in [0.15, 0.2) is 41.1 Å². The van der Waals surface area contributed by atoms with Crippen molar-refractivity contribution in [3.05, 3.63) is 51.7 Å². The number of thiazole rings is 1. The molecule has 27 heavy (non-hydrogen) atoms. The Kier molecular flexibility index (Phi) is 6.05. The van der Waals surface area contributed by atoms with Crippen LogP contribution in [0.4, 0.5) is 10.8 Å². The number of carbonyl (C=O) groups is 2. The highest BCUT2D eigenvalue weighted by atomic mass is 32.1. The molecule has 2 aromatic heterocycles. The average Bonchev–Trinajstić information content (AvgIpc) is 3.33. The number of carbonyl (C=O) groups excluding carboxylic acids is 2. The van der Waals surface area contributed by atoms with Gasteiger partial charge in [-0.1, -0.05) is 6.07 Å². The number of amides is 2. The van der Waals surface area contributed by atoms with Gasteiger partial charge in [-0.3, -0.25) is 14.9 Å². The lowest BCUT2D eigenvalue weighted by molar-refractivity contribution is -0.115. The van der Waals surface area contributed by atoms with E-state index in [4.69, 9.17) is 9.47 Å². The molecular weight excluding hydrogens is 386 g/mol. The molecule has 0 fully saturated rings. The molecule has 140 valence electrons. The van der Waals surface area contributed by atoms with Crippen LogP contribution in [0.3, 0.4) is 0 Å². The average molecular weight is 403 g/mol. The Morgan fingerprint density at radius 3 is 2.59 bits per heavy atom. The number of nitrogens with one attached hydrogen (secondary N) is 2. The minimum absolute atomic E-state index is 0.0969. The largest absolute Gasteiger partial charge is 0.493 e. The first-order chi connectivity index (χ1) is 13.1. The van der Waals surface area contributed by atoms with Crippen LogP contribution in [0.5, 0.6) is 11.5 Å². The molecule has 2 heterocycles. The standard InChI is InChI=1S/C18H17N3O4S2/c1-24-13-6-5-11(8-14(13)25-2)19-16(22)9-12-10-27-18(20-12)21-17(23)15-4-3-7-26-15/h3-8,10H,9H2,1-2H3,(H,19,22)(H,20,21,23). The number of benzene rings is 1. The number of aromatic nitrogens is 1. The van der Waals surface area contributed by atoms with Crippen molar-refractivity contribution in [2.45, 2.75) is 6.42 Å². The van der Waals surface area contributed by atoms with Crippen LogP contribution in [0, 0.1) is 0 Å². The topological polar surface area (TPSA) is 89.6 Å². The molecule has 0 bridgehead atoms. The molecular formula is C18H17N3O4S2. The van der Waals surface area contributed by atoms with Gasteiger partial charge in [0.15, 0.2) is 16.6 Å². The lowest BCUT2D eigenvalue weighted by Gasteiger charge is -2.10. The lowest BCUT2D eigenvalue weighted by atomic mass is 10.2. The molecule has 0 atom stereocenters. The van der Waals surface area contributed by atoms with E-state index in [1.807, 2.05) is 11.4 Å². The summed E-state index contributed by atoms with van der Waals surface area (Å²) in [6, 6.07) is 8.68. The zero-order chi connectivity index (χ0) is 19.2. The predicted octanol–water partition coefficient (Wildman–Crippen LogP) is 3.66. The van der Waals surface area contributed by atoms with Gasteiger partial charge in [-0.15, -0.1) is 22.7 Å². The SMILES string of the molecule is COc1ccc(NC(=O)Cc2csc(NC(=O)c3cccs3)n2)cc1OC. The van der Waals surface area contributed by atoms with Gasteiger partial charge >= 0.3 is 0 Å². The smallest absolute Gasteiger partial charge is 0.267 e. The van der Waals surface area contributed by atoms with Gasteiger partial charge in [-0.2, -0.15) is 0 Å². The van der Waals surface area contributed by atoms with E-state index in [1.165, 1.54) is 29.8 Å². The second kappa shape index (κ2) is 8.65. The summed E-state index contributed by atoms with van der Waals surface area (Å²) in [7, 11) is 3.08. The Balaban J connectivity index is 1.58. The number of hydrogen-bond donors (Lipinski definition) is 2. The van der Waals surface area contributed by atoms with Gasteiger partial charge in [0.2, 0.25) is 5.91 Å². The minimum atomic E-state index is -0.219. The molecule has 0 aliphatic rings. The van der Waals surface area contributed by atoms with Crippen molar-refractivity contribution in [3.8, 4) is 11.5 Å². The molecule has 0 aliphatic carbocycles. The predicted molar refractivity (Wildman–Crippen MR) is 106 cm³/mol. The van der Waals surface area contributed by atoms with Crippen LogP contribution >= 0.6 is 22.7 Å². The first-order valence-corrected chi connectivity index (χ1v) is 9.66. The summed E-state index contributed by atoms with van der Waals surface area (Å²) in [4.78, 5) is 29.2. The van der Waals surface area contributed by atoms with E-state index >= 15 is 0 Å². The molecule has 0 saturated carbocycles.